The van der Waals surface area contributed by atoms with Crippen LogP contribution in [-0.4, -0.2) is 48.3 Å². The average molecular weight is 254 g/mol. The highest BCUT2D eigenvalue weighted by Gasteiger charge is 2.37. The minimum atomic E-state index is 0.349. The molecule has 0 amide bonds. The van der Waals surface area contributed by atoms with Crippen LogP contribution in [0.2, 0.25) is 0 Å². The third-order valence-corrected chi connectivity index (χ3v) is 4.87. The number of aliphatic hydroxyl groups excluding tert-OH is 1. The Labute approximate surface area is 112 Å². The zero-order valence-corrected chi connectivity index (χ0v) is 12.1. The normalized spacial score (nSPS) is 37.5. The standard InChI is InChI=1S/C15H30N2O/c1-3-16-14-9-13(5-4-8-18)10-17(11-14)15-7-6-12(15)2/h12-16,18H,3-11H2,1-2H3. The molecule has 1 aliphatic heterocycles. The molecule has 2 rings (SSSR count). The fraction of sp³-hybridized carbons (Fsp3) is 1.00. The Morgan fingerprint density at radius 2 is 2.11 bits per heavy atom. The van der Waals surface area contributed by atoms with Crippen LogP contribution in [0.5, 0.6) is 0 Å². The lowest BCUT2D eigenvalue weighted by molar-refractivity contribution is 0.0203. The van der Waals surface area contributed by atoms with Crippen molar-refractivity contribution in [2.75, 3.05) is 26.2 Å². The second-order valence-electron chi connectivity index (χ2n) is 6.30. The molecule has 1 saturated heterocycles. The summed E-state index contributed by atoms with van der Waals surface area (Å²) < 4.78 is 0. The molecule has 3 heteroatoms. The summed E-state index contributed by atoms with van der Waals surface area (Å²) in [5.41, 5.74) is 0. The van der Waals surface area contributed by atoms with Crippen molar-refractivity contribution in [2.45, 2.75) is 58.0 Å². The summed E-state index contributed by atoms with van der Waals surface area (Å²) in [7, 11) is 0. The maximum absolute atomic E-state index is 9.01. The summed E-state index contributed by atoms with van der Waals surface area (Å²) in [5.74, 6) is 1.67. The third kappa shape index (κ3) is 3.46. The van der Waals surface area contributed by atoms with Gasteiger partial charge in [0.15, 0.2) is 0 Å². The van der Waals surface area contributed by atoms with Gasteiger partial charge >= 0.3 is 0 Å². The van der Waals surface area contributed by atoms with Crippen LogP contribution >= 0.6 is 0 Å². The highest BCUT2D eigenvalue weighted by molar-refractivity contribution is 4.92. The predicted octanol–water partition coefficient (Wildman–Crippen LogP) is 1.86. The van der Waals surface area contributed by atoms with E-state index in [1.807, 2.05) is 0 Å². The highest BCUT2D eigenvalue weighted by atomic mass is 16.2. The summed E-state index contributed by atoms with van der Waals surface area (Å²) in [6, 6.07) is 1.50. The minimum Gasteiger partial charge on any atom is -0.396 e. The fourth-order valence-corrected chi connectivity index (χ4v) is 3.73. The lowest BCUT2D eigenvalue weighted by atomic mass is 9.78. The van der Waals surface area contributed by atoms with Crippen molar-refractivity contribution in [2.24, 2.45) is 11.8 Å². The van der Waals surface area contributed by atoms with Gasteiger partial charge in [-0.05, 0) is 50.5 Å². The molecular weight excluding hydrogens is 224 g/mol. The zero-order chi connectivity index (χ0) is 13.0. The lowest BCUT2D eigenvalue weighted by Crippen LogP contribution is -2.56. The summed E-state index contributed by atoms with van der Waals surface area (Å²) in [5, 5.41) is 12.6. The van der Waals surface area contributed by atoms with Crippen molar-refractivity contribution in [3.63, 3.8) is 0 Å². The van der Waals surface area contributed by atoms with Gasteiger partial charge < -0.3 is 10.4 Å². The first kappa shape index (κ1) is 14.3. The Hall–Kier alpha value is -0.120. The molecule has 0 aromatic rings. The number of likely N-dealkylation sites (N-methyl/N-ethyl adjacent to an activating group) is 1. The van der Waals surface area contributed by atoms with Crippen LogP contribution in [0.25, 0.3) is 0 Å². The average Bonchev–Trinajstić information content (AvgIpc) is 2.35. The quantitative estimate of drug-likeness (QED) is 0.759. The van der Waals surface area contributed by atoms with Crippen LogP contribution in [0.1, 0.15) is 46.0 Å². The van der Waals surface area contributed by atoms with Gasteiger partial charge in [-0.2, -0.15) is 0 Å². The smallest absolute Gasteiger partial charge is 0.0431 e. The van der Waals surface area contributed by atoms with E-state index in [-0.39, 0.29) is 0 Å². The summed E-state index contributed by atoms with van der Waals surface area (Å²) in [6.07, 6.45) is 6.26. The molecule has 3 nitrogen and oxygen atoms in total. The molecule has 1 heterocycles. The third-order valence-electron chi connectivity index (χ3n) is 4.87. The molecule has 4 atom stereocenters. The van der Waals surface area contributed by atoms with E-state index in [1.165, 1.54) is 38.8 Å². The summed E-state index contributed by atoms with van der Waals surface area (Å²) in [4.78, 5) is 2.73. The lowest BCUT2D eigenvalue weighted by Gasteiger charge is -2.48. The largest absolute Gasteiger partial charge is 0.396 e. The number of piperidine rings is 1. The molecule has 0 aromatic heterocycles. The SMILES string of the molecule is CCNC1CC(CCCO)CN(C2CCC2C)C1. The van der Waals surface area contributed by atoms with Crippen molar-refractivity contribution in [3.05, 3.63) is 0 Å². The van der Waals surface area contributed by atoms with Crippen LogP contribution in [-0.2, 0) is 0 Å². The number of likely N-dealkylation sites (tertiary alicyclic amines) is 1. The molecule has 0 aromatic carbocycles. The van der Waals surface area contributed by atoms with Gasteiger partial charge in [0.05, 0.1) is 0 Å². The number of hydrogen-bond acceptors (Lipinski definition) is 3. The van der Waals surface area contributed by atoms with E-state index in [0.29, 0.717) is 12.6 Å². The van der Waals surface area contributed by atoms with E-state index >= 15 is 0 Å². The molecule has 18 heavy (non-hydrogen) atoms. The molecule has 0 bridgehead atoms. The number of hydrogen-bond donors (Lipinski definition) is 2. The van der Waals surface area contributed by atoms with Crippen molar-refractivity contribution >= 4 is 0 Å². The van der Waals surface area contributed by atoms with Gasteiger partial charge in [-0.1, -0.05) is 13.8 Å². The first-order valence-corrected chi connectivity index (χ1v) is 7.82. The van der Waals surface area contributed by atoms with Gasteiger partial charge in [0.25, 0.3) is 0 Å². The monoisotopic (exact) mass is 254 g/mol. The first-order chi connectivity index (χ1) is 8.74. The maximum atomic E-state index is 9.01. The summed E-state index contributed by atoms with van der Waals surface area (Å²) in [6.45, 7) is 8.52. The molecule has 106 valence electrons. The van der Waals surface area contributed by atoms with Crippen LogP contribution in [0.15, 0.2) is 0 Å². The van der Waals surface area contributed by atoms with Gasteiger partial charge in [0.2, 0.25) is 0 Å². The van der Waals surface area contributed by atoms with Crippen molar-refractivity contribution < 1.29 is 5.11 Å². The van der Waals surface area contributed by atoms with Crippen molar-refractivity contribution in [1.29, 1.82) is 0 Å². The van der Waals surface area contributed by atoms with Gasteiger partial charge in [-0.15, -0.1) is 0 Å². The molecule has 2 N–H and O–H groups in total. The maximum Gasteiger partial charge on any atom is 0.0431 e. The van der Waals surface area contributed by atoms with E-state index in [2.05, 4.69) is 24.1 Å². The Balaban J connectivity index is 1.88. The van der Waals surface area contributed by atoms with E-state index in [0.717, 1.165) is 30.8 Å². The molecule has 1 saturated carbocycles. The Bertz CT molecular complexity index is 247. The molecule has 2 aliphatic rings. The Morgan fingerprint density at radius 1 is 1.28 bits per heavy atom. The number of nitrogens with one attached hydrogen (secondary N) is 1. The predicted molar refractivity (Wildman–Crippen MR) is 75.7 cm³/mol. The van der Waals surface area contributed by atoms with Crippen molar-refractivity contribution in [3.8, 4) is 0 Å². The van der Waals surface area contributed by atoms with E-state index in [4.69, 9.17) is 5.11 Å². The second-order valence-corrected chi connectivity index (χ2v) is 6.30. The first-order valence-electron chi connectivity index (χ1n) is 7.82. The van der Waals surface area contributed by atoms with Crippen LogP contribution in [0.3, 0.4) is 0 Å². The Morgan fingerprint density at radius 3 is 2.67 bits per heavy atom. The fourth-order valence-electron chi connectivity index (χ4n) is 3.73. The molecule has 2 fully saturated rings. The second kappa shape index (κ2) is 6.88. The van der Waals surface area contributed by atoms with E-state index in [9.17, 15) is 0 Å². The number of aliphatic hydroxyl groups is 1. The van der Waals surface area contributed by atoms with Gasteiger partial charge in [-0.3, -0.25) is 4.90 Å². The van der Waals surface area contributed by atoms with Gasteiger partial charge in [0.1, 0.15) is 0 Å². The topological polar surface area (TPSA) is 35.5 Å². The molecular formula is C15H30N2O. The highest BCUT2D eigenvalue weighted by Crippen LogP contribution is 2.35. The molecule has 0 spiro atoms. The number of rotatable bonds is 6. The number of nitrogens with zero attached hydrogens (tertiary/aromatic N) is 1. The van der Waals surface area contributed by atoms with Crippen LogP contribution in [0.4, 0.5) is 0 Å². The molecule has 4 unspecified atom stereocenters. The van der Waals surface area contributed by atoms with Crippen molar-refractivity contribution in [1.82, 2.24) is 10.2 Å². The summed E-state index contributed by atoms with van der Waals surface area (Å²) >= 11 is 0. The van der Waals surface area contributed by atoms with Crippen LogP contribution < -0.4 is 5.32 Å². The minimum absolute atomic E-state index is 0.349. The Kier molecular flexibility index (Phi) is 5.46. The van der Waals surface area contributed by atoms with Gasteiger partial charge in [-0.25, -0.2) is 0 Å². The molecule has 0 radical (unpaired) electrons. The van der Waals surface area contributed by atoms with Gasteiger partial charge in [0, 0.05) is 31.8 Å². The molecule has 1 aliphatic carbocycles. The van der Waals surface area contributed by atoms with Crippen LogP contribution in [0, 0.1) is 11.8 Å². The van der Waals surface area contributed by atoms with E-state index < -0.39 is 0 Å². The van der Waals surface area contributed by atoms with E-state index in [1.54, 1.807) is 0 Å². The zero-order valence-electron chi connectivity index (χ0n) is 12.1.